The molecule has 0 fully saturated rings. The first kappa shape index (κ1) is 11.1. The molecule has 0 aliphatic heterocycles. The number of hydrogen-bond acceptors (Lipinski definition) is 3. The monoisotopic (exact) mass is 232 g/mol. The number of anilines is 1. The average Bonchev–Trinajstić information content (AvgIpc) is 2.67. The minimum absolute atomic E-state index is 0.937. The van der Waals surface area contributed by atoms with Crippen molar-refractivity contribution in [3.8, 4) is 0 Å². The minimum atomic E-state index is 0.937. The molecular formula is C13H16N2S. The van der Waals surface area contributed by atoms with Crippen LogP contribution in [0.1, 0.15) is 16.3 Å². The Bertz CT molecular complexity index is 445. The van der Waals surface area contributed by atoms with Gasteiger partial charge >= 0.3 is 0 Å². The lowest BCUT2D eigenvalue weighted by Gasteiger charge is -2.05. The Hall–Kier alpha value is -1.35. The van der Waals surface area contributed by atoms with E-state index in [4.69, 9.17) is 0 Å². The van der Waals surface area contributed by atoms with Crippen LogP contribution < -0.4 is 5.32 Å². The molecule has 1 aromatic heterocycles. The maximum Gasteiger partial charge on any atom is 0.0897 e. The van der Waals surface area contributed by atoms with Crippen molar-refractivity contribution < 1.29 is 0 Å². The molecule has 0 aliphatic carbocycles. The molecule has 2 nitrogen and oxygen atoms in total. The van der Waals surface area contributed by atoms with Crippen LogP contribution in [0.4, 0.5) is 5.69 Å². The summed E-state index contributed by atoms with van der Waals surface area (Å²) >= 11 is 1.71. The largest absolute Gasteiger partial charge is 0.385 e. The molecule has 0 spiro atoms. The van der Waals surface area contributed by atoms with Crippen LogP contribution in [0.2, 0.25) is 0 Å². The van der Waals surface area contributed by atoms with Crippen molar-refractivity contribution in [2.24, 2.45) is 0 Å². The molecule has 0 aliphatic rings. The highest BCUT2D eigenvalue weighted by molar-refractivity contribution is 7.09. The van der Waals surface area contributed by atoms with E-state index in [0.717, 1.165) is 18.0 Å². The number of aromatic nitrogens is 1. The Balaban J connectivity index is 1.82. The normalized spacial score (nSPS) is 10.4. The van der Waals surface area contributed by atoms with E-state index in [0.29, 0.717) is 0 Å². The second-order valence-corrected chi connectivity index (χ2v) is 4.96. The van der Waals surface area contributed by atoms with Crippen LogP contribution in [0.25, 0.3) is 0 Å². The highest BCUT2D eigenvalue weighted by atomic mass is 32.1. The molecule has 3 heteroatoms. The molecule has 0 saturated heterocycles. The molecule has 0 bridgehead atoms. The van der Waals surface area contributed by atoms with Crippen LogP contribution in [0.3, 0.4) is 0 Å². The number of thiazole rings is 1. The number of nitrogens with zero attached hydrogens (tertiary/aromatic N) is 1. The van der Waals surface area contributed by atoms with E-state index in [-0.39, 0.29) is 0 Å². The summed E-state index contributed by atoms with van der Waals surface area (Å²) in [7, 11) is 0. The van der Waals surface area contributed by atoms with Crippen LogP contribution in [0, 0.1) is 13.8 Å². The zero-order chi connectivity index (χ0) is 11.4. The zero-order valence-corrected chi connectivity index (χ0v) is 10.5. The fourth-order valence-electron chi connectivity index (χ4n) is 1.53. The Morgan fingerprint density at radius 2 is 1.94 bits per heavy atom. The van der Waals surface area contributed by atoms with Gasteiger partial charge in [0.05, 0.1) is 10.7 Å². The Morgan fingerprint density at radius 1 is 1.19 bits per heavy atom. The number of aryl methyl sites for hydroxylation is 2. The maximum atomic E-state index is 4.43. The first-order valence-electron chi connectivity index (χ1n) is 5.45. The van der Waals surface area contributed by atoms with E-state index in [1.54, 1.807) is 11.3 Å². The SMILES string of the molecule is Cc1ccc(NCCc2csc(C)n2)cc1. The molecule has 0 atom stereocenters. The fraction of sp³-hybridized carbons (Fsp3) is 0.308. The number of rotatable bonds is 4. The van der Waals surface area contributed by atoms with Gasteiger partial charge in [0.2, 0.25) is 0 Å². The molecule has 2 rings (SSSR count). The van der Waals surface area contributed by atoms with E-state index in [9.17, 15) is 0 Å². The summed E-state index contributed by atoms with van der Waals surface area (Å²) in [5.41, 5.74) is 3.65. The summed E-state index contributed by atoms with van der Waals surface area (Å²) in [6, 6.07) is 8.47. The molecule has 16 heavy (non-hydrogen) atoms. The van der Waals surface area contributed by atoms with Gasteiger partial charge in [-0.25, -0.2) is 4.98 Å². The summed E-state index contributed by atoms with van der Waals surface area (Å²) in [5, 5.41) is 6.67. The van der Waals surface area contributed by atoms with Crippen LogP contribution in [0.5, 0.6) is 0 Å². The Kier molecular flexibility index (Phi) is 3.57. The average molecular weight is 232 g/mol. The van der Waals surface area contributed by atoms with Crippen LogP contribution in [-0.4, -0.2) is 11.5 Å². The van der Waals surface area contributed by atoms with Gasteiger partial charge in [-0.1, -0.05) is 17.7 Å². The standard InChI is InChI=1S/C13H16N2S/c1-10-3-5-12(6-4-10)14-8-7-13-9-16-11(2)15-13/h3-6,9,14H,7-8H2,1-2H3. The minimum Gasteiger partial charge on any atom is -0.385 e. The van der Waals surface area contributed by atoms with Crippen molar-refractivity contribution in [1.29, 1.82) is 0 Å². The first-order valence-corrected chi connectivity index (χ1v) is 6.33. The number of nitrogens with one attached hydrogen (secondary N) is 1. The molecule has 0 saturated carbocycles. The maximum absolute atomic E-state index is 4.43. The third-order valence-corrected chi connectivity index (χ3v) is 3.25. The van der Waals surface area contributed by atoms with Gasteiger partial charge in [-0.3, -0.25) is 0 Å². The molecular weight excluding hydrogens is 216 g/mol. The highest BCUT2D eigenvalue weighted by Gasteiger charge is 1.97. The summed E-state index contributed by atoms with van der Waals surface area (Å²) in [6.45, 7) is 5.08. The summed E-state index contributed by atoms with van der Waals surface area (Å²) < 4.78 is 0. The first-order chi connectivity index (χ1) is 7.74. The second kappa shape index (κ2) is 5.12. The Labute approximate surface area is 100 Å². The van der Waals surface area contributed by atoms with Gasteiger partial charge in [0.1, 0.15) is 0 Å². The topological polar surface area (TPSA) is 24.9 Å². The second-order valence-electron chi connectivity index (χ2n) is 3.90. The zero-order valence-electron chi connectivity index (χ0n) is 9.66. The highest BCUT2D eigenvalue weighted by Crippen LogP contribution is 2.10. The Morgan fingerprint density at radius 3 is 2.56 bits per heavy atom. The van der Waals surface area contributed by atoms with Crippen molar-refractivity contribution in [1.82, 2.24) is 4.98 Å². The summed E-state index contributed by atoms with van der Waals surface area (Å²) in [4.78, 5) is 4.43. The lowest BCUT2D eigenvalue weighted by atomic mass is 10.2. The van der Waals surface area contributed by atoms with E-state index in [1.165, 1.54) is 16.9 Å². The molecule has 1 aromatic carbocycles. The van der Waals surface area contributed by atoms with E-state index >= 15 is 0 Å². The quantitative estimate of drug-likeness (QED) is 0.873. The van der Waals surface area contributed by atoms with Crippen molar-refractivity contribution in [3.63, 3.8) is 0 Å². The summed E-state index contributed by atoms with van der Waals surface area (Å²) in [6.07, 6.45) is 0.984. The number of hydrogen-bond donors (Lipinski definition) is 1. The summed E-state index contributed by atoms with van der Waals surface area (Å²) in [5.74, 6) is 0. The van der Waals surface area contributed by atoms with Crippen molar-refractivity contribution in [2.45, 2.75) is 20.3 Å². The van der Waals surface area contributed by atoms with E-state index in [1.807, 2.05) is 6.92 Å². The molecule has 1 N–H and O–H groups in total. The molecule has 2 aromatic rings. The van der Waals surface area contributed by atoms with E-state index < -0.39 is 0 Å². The van der Waals surface area contributed by atoms with Gasteiger partial charge in [0.25, 0.3) is 0 Å². The molecule has 84 valence electrons. The predicted molar refractivity (Wildman–Crippen MR) is 70.2 cm³/mol. The smallest absolute Gasteiger partial charge is 0.0897 e. The third kappa shape index (κ3) is 3.07. The van der Waals surface area contributed by atoms with Crippen LogP contribution in [-0.2, 0) is 6.42 Å². The molecule has 0 amide bonds. The third-order valence-electron chi connectivity index (χ3n) is 2.43. The lowest BCUT2D eigenvalue weighted by Crippen LogP contribution is -2.04. The van der Waals surface area contributed by atoms with Crippen molar-refractivity contribution in [2.75, 3.05) is 11.9 Å². The predicted octanol–water partition coefficient (Wildman–Crippen LogP) is 3.41. The molecule has 0 radical (unpaired) electrons. The van der Waals surface area contributed by atoms with Gasteiger partial charge in [0, 0.05) is 24.0 Å². The van der Waals surface area contributed by atoms with E-state index in [2.05, 4.69) is 46.9 Å². The van der Waals surface area contributed by atoms with Gasteiger partial charge in [-0.15, -0.1) is 11.3 Å². The van der Waals surface area contributed by atoms with Crippen molar-refractivity contribution in [3.05, 3.63) is 45.9 Å². The number of benzene rings is 1. The van der Waals surface area contributed by atoms with Gasteiger partial charge < -0.3 is 5.32 Å². The fourth-order valence-corrected chi connectivity index (χ4v) is 2.18. The molecule has 1 heterocycles. The van der Waals surface area contributed by atoms with Crippen LogP contribution in [0.15, 0.2) is 29.6 Å². The molecule has 0 unspecified atom stereocenters. The van der Waals surface area contributed by atoms with Crippen LogP contribution >= 0.6 is 11.3 Å². The van der Waals surface area contributed by atoms with Gasteiger partial charge in [-0.2, -0.15) is 0 Å². The van der Waals surface area contributed by atoms with Gasteiger partial charge in [0.15, 0.2) is 0 Å². The van der Waals surface area contributed by atoms with Gasteiger partial charge in [-0.05, 0) is 26.0 Å². The van der Waals surface area contributed by atoms with Crippen molar-refractivity contribution >= 4 is 17.0 Å². The lowest BCUT2D eigenvalue weighted by molar-refractivity contribution is 0.968.